The summed E-state index contributed by atoms with van der Waals surface area (Å²) in [5, 5.41) is 0.0607. The number of likely N-dealkylation sites (tertiary alicyclic amines) is 1. The van der Waals surface area contributed by atoms with Gasteiger partial charge in [-0.05, 0) is 12.3 Å². The average molecular weight is 190 g/mol. The number of hydrogen-bond donors (Lipinski definition) is 0. The Morgan fingerprint density at radius 3 is 2.93 bits per heavy atom. The molecule has 0 N–H and O–H groups in total. The van der Waals surface area contributed by atoms with Crippen LogP contribution in [-0.4, -0.2) is 38.7 Å². The molecule has 0 aromatic carbocycles. The summed E-state index contributed by atoms with van der Waals surface area (Å²) in [5.41, 5.74) is 0. The molecule has 2 aliphatic rings. The van der Waals surface area contributed by atoms with Gasteiger partial charge < -0.3 is 4.90 Å². The van der Waals surface area contributed by atoms with E-state index in [0.717, 1.165) is 25.2 Å². The van der Waals surface area contributed by atoms with E-state index in [1.54, 1.807) is 0 Å². The Morgan fingerprint density at radius 1 is 1.57 bits per heavy atom. The van der Waals surface area contributed by atoms with E-state index < -0.39 is 0 Å². The molecule has 2 radical (unpaired) electrons. The molecule has 2 rings (SSSR count). The molecule has 0 aromatic rings. The summed E-state index contributed by atoms with van der Waals surface area (Å²) < 4.78 is 0. The number of rotatable bonds is 0. The molecule has 0 spiro atoms. The van der Waals surface area contributed by atoms with Crippen molar-refractivity contribution in [2.75, 3.05) is 14.1 Å². The Morgan fingerprint density at radius 2 is 2.29 bits per heavy atom. The SMILES string of the molecule is [B]C1(C)CCC2C(CC(=NC)N2C)C1. The van der Waals surface area contributed by atoms with Gasteiger partial charge in [-0.2, -0.15) is 0 Å². The molecule has 3 unspecified atom stereocenters. The van der Waals surface area contributed by atoms with Crippen molar-refractivity contribution in [1.29, 1.82) is 0 Å². The van der Waals surface area contributed by atoms with Crippen molar-refractivity contribution in [3.63, 3.8) is 0 Å². The van der Waals surface area contributed by atoms with Crippen molar-refractivity contribution in [2.45, 2.75) is 44.0 Å². The third kappa shape index (κ3) is 1.57. The third-order valence-electron chi connectivity index (χ3n) is 3.89. The summed E-state index contributed by atoms with van der Waals surface area (Å²) in [6.07, 6.45) is 4.66. The highest BCUT2D eigenvalue weighted by Crippen LogP contribution is 2.47. The minimum Gasteiger partial charge on any atom is -0.360 e. The number of amidine groups is 1. The molecule has 0 amide bonds. The fraction of sp³-hybridized carbons (Fsp3) is 0.909. The van der Waals surface area contributed by atoms with E-state index in [-0.39, 0.29) is 5.31 Å². The molecule has 3 heteroatoms. The first-order valence-corrected chi connectivity index (χ1v) is 5.51. The number of hydrogen-bond acceptors (Lipinski definition) is 1. The second-order valence-electron chi connectivity index (χ2n) is 5.18. The van der Waals surface area contributed by atoms with Gasteiger partial charge in [0.15, 0.2) is 0 Å². The predicted octanol–water partition coefficient (Wildman–Crippen LogP) is 1.87. The minimum atomic E-state index is 0.0607. The first-order chi connectivity index (χ1) is 6.53. The molecule has 3 atom stereocenters. The molecule has 0 aromatic heterocycles. The van der Waals surface area contributed by atoms with E-state index >= 15 is 0 Å². The van der Waals surface area contributed by atoms with E-state index in [1.165, 1.54) is 12.3 Å². The molecule has 1 saturated heterocycles. The maximum Gasteiger partial charge on any atom is 0.0989 e. The van der Waals surface area contributed by atoms with Gasteiger partial charge in [0.05, 0.1) is 13.7 Å². The molecule has 1 aliphatic carbocycles. The first kappa shape index (κ1) is 10.1. The fourth-order valence-electron chi connectivity index (χ4n) is 3.09. The maximum atomic E-state index is 6.21. The molecule has 1 saturated carbocycles. The van der Waals surface area contributed by atoms with Crippen molar-refractivity contribution >= 4 is 13.7 Å². The molecule has 2 nitrogen and oxygen atoms in total. The third-order valence-corrected chi connectivity index (χ3v) is 3.89. The smallest absolute Gasteiger partial charge is 0.0989 e. The van der Waals surface area contributed by atoms with Crippen LogP contribution in [0.4, 0.5) is 0 Å². The first-order valence-electron chi connectivity index (χ1n) is 5.51. The van der Waals surface area contributed by atoms with Gasteiger partial charge in [-0.15, -0.1) is 0 Å². The number of fused-ring (bicyclic) bond motifs is 1. The van der Waals surface area contributed by atoms with Gasteiger partial charge in [0.1, 0.15) is 0 Å². The van der Waals surface area contributed by atoms with Crippen LogP contribution in [0.1, 0.15) is 32.6 Å². The lowest BCUT2D eigenvalue weighted by atomic mass is 9.58. The second kappa shape index (κ2) is 3.28. The van der Waals surface area contributed by atoms with Crippen LogP contribution in [0.25, 0.3) is 0 Å². The normalized spacial score (nSPS) is 45.6. The van der Waals surface area contributed by atoms with Crippen molar-refractivity contribution in [2.24, 2.45) is 10.9 Å². The Balaban J connectivity index is 2.14. The van der Waals surface area contributed by atoms with Gasteiger partial charge in [0.2, 0.25) is 0 Å². The van der Waals surface area contributed by atoms with Gasteiger partial charge in [-0.1, -0.05) is 25.1 Å². The summed E-state index contributed by atoms with van der Waals surface area (Å²) in [7, 11) is 10.3. The molecule has 0 bridgehead atoms. The highest BCUT2D eigenvalue weighted by Gasteiger charge is 2.42. The van der Waals surface area contributed by atoms with Gasteiger partial charge in [0, 0.05) is 26.6 Å². The summed E-state index contributed by atoms with van der Waals surface area (Å²) in [4.78, 5) is 6.70. The Labute approximate surface area is 88.2 Å². The quantitative estimate of drug-likeness (QED) is 0.532. The zero-order valence-corrected chi connectivity index (χ0v) is 9.45. The Bertz CT molecular complexity index is 260. The van der Waals surface area contributed by atoms with Crippen LogP contribution in [-0.2, 0) is 0 Å². The van der Waals surface area contributed by atoms with Crippen molar-refractivity contribution in [3.8, 4) is 0 Å². The lowest BCUT2D eigenvalue weighted by Gasteiger charge is -2.39. The number of nitrogens with zero attached hydrogens (tertiary/aromatic N) is 2. The molecule has 2 fully saturated rings. The lowest BCUT2D eigenvalue weighted by molar-refractivity contribution is 0.206. The molecule has 76 valence electrons. The van der Waals surface area contributed by atoms with E-state index in [1.807, 2.05) is 7.05 Å². The Hall–Kier alpha value is -0.465. The highest BCUT2D eigenvalue weighted by molar-refractivity contribution is 6.15. The van der Waals surface area contributed by atoms with Crippen LogP contribution in [0, 0.1) is 5.92 Å². The van der Waals surface area contributed by atoms with Gasteiger partial charge in [-0.25, -0.2) is 0 Å². The molecule has 1 aliphatic heterocycles. The summed E-state index contributed by atoms with van der Waals surface area (Å²) in [6.45, 7) is 2.18. The van der Waals surface area contributed by atoms with Crippen molar-refractivity contribution in [3.05, 3.63) is 0 Å². The summed E-state index contributed by atoms with van der Waals surface area (Å²) >= 11 is 0. The second-order valence-corrected chi connectivity index (χ2v) is 5.18. The number of aliphatic imine (C=N–C) groups is 1. The van der Waals surface area contributed by atoms with Gasteiger partial charge in [0.25, 0.3) is 0 Å². The van der Waals surface area contributed by atoms with Crippen LogP contribution in [0.3, 0.4) is 0 Å². The lowest BCUT2D eigenvalue weighted by Crippen LogP contribution is -2.36. The van der Waals surface area contributed by atoms with Crippen LogP contribution in [0.2, 0.25) is 5.31 Å². The molecular weight excluding hydrogens is 171 g/mol. The fourth-order valence-corrected chi connectivity index (χ4v) is 3.09. The minimum absolute atomic E-state index is 0.0607. The topological polar surface area (TPSA) is 15.6 Å². The van der Waals surface area contributed by atoms with E-state index in [2.05, 4.69) is 23.9 Å². The molecule has 1 heterocycles. The van der Waals surface area contributed by atoms with Crippen LogP contribution in [0.5, 0.6) is 0 Å². The highest BCUT2D eigenvalue weighted by atomic mass is 15.2. The monoisotopic (exact) mass is 190 g/mol. The van der Waals surface area contributed by atoms with E-state index in [0.29, 0.717) is 6.04 Å². The van der Waals surface area contributed by atoms with Crippen LogP contribution >= 0.6 is 0 Å². The molecular formula is C11H19BN2. The average Bonchev–Trinajstić information content (AvgIpc) is 2.40. The van der Waals surface area contributed by atoms with Crippen molar-refractivity contribution in [1.82, 2.24) is 4.90 Å². The largest absolute Gasteiger partial charge is 0.360 e. The maximum absolute atomic E-state index is 6.21. The zero-order chi connectivity index (χ0) is 10.3. The summed E-state index contributed by atoms with van der Waals surface area (Å²) in [5.74, 6) is 2.00. The molecule has 14 heavy (non-hydrogen) atoms. The van der Waals surface area contributed by atoms with Crippen LogP contribution < -0.4 is 0 Å². The zero-order valence-electron chi connectivity index (χ0n) is 9.45. The van der Waals surface area contributed by atoms with Crippen LogP contribution in [0.15, 0.2) is 4.99 Å². The van der Waals surface area contributed by atoms with E-state index in [4.69, 9.17) is 7.85 Å². The van der Waals surface area contributed by atoms with Gasteiger partial charge in [-0.3, -0.25) is 4.99 Å². The predicted molar refractivity (Wildman–Crippen MR) is 61.0 cm³/mol. The standard InChI is InChI=1S/C11H19BN2/c1-11(12)5-4-9-8(7-11)6-10(13-2)14(9)3/h8-9H,4-7H2,1-3H3. The Kier molecular flexibility index (Phi) is 2.36. The van der Waals surface area contributed by atoms with Gasteiger partial charge >= 0.3 is 0 Å². The van der Waals surface area contributed by atoms with Crippen molar-refractivity contribution < 1.29 is 0 Å². The van der Waals surface area contributed by atoms with E-state index in [9.17, 15) is 0 Å². The summed E-state index contributed by atoms with van der Waals surface area (Å²) in [6, 6.07) is 0.699.